The van der Waals surface area contributed by atoms with Crippen LogP contribution in [0.1, 0.15) is 42.1 Å². The van der Waals surface area contributed by atoms with Crippen LogP contribution in [0.25, 0.3) is 0 Å². The monoisotopic (exact) mass is 316 g/mol. The Morgan fingerprint density at radius 1 is 1.35 bits per heavy atom. The molecule has 4 nitrogen and oxygen atoms in total. The highest BCUT2D eigenvalue weighted by Crippen LogP contribution is 2.49. The third-order valence-electron chi connectivity index (χ3n) is 5.29. The van der Waals surface area contributed by atoms with E-state index in [9.17, 15) is 4.79 Å². The van der Waals surface area contributed by atoms with Crippen LogP contribution >= 0.6 is 0 Å². The van der Waals surface area contributed by atoms with Gasteiger partial charge in [-0.1, -0.05) is 18.2 Å². The minimum Gasteiger partial charge on any atom is -0.378 e. The van der Waals surface area contributed by atoms with Gasteiger partial charge in [-0.2, -0.15) is 0 Å². The summed E-state index contributed by atoms with van der Waals surface area (Å²) in [6, 6.07) is 8.01. The lowest BCUT2D eigenvalue weighted by atomic mass is 9.66. The van der Waals surface area contributed by atoms with Gasteiger partial charge >= 0.3 is 0 Å². The Kier molecular flexibility index (Phi) is 4.74. The smallest absolute Gasteiger partial charge is 0.253 e. The second-order valence-electron chi connectivity index (χ2n) is 7.30. The number of rotatable bonds is 5. The molecule has 1 aliphatic heterocycles. The maximum Gasteiger partial charge on any atom is 0.253 e. The molecule has 4 heteroatoms. The van der Waals surface area contributed by atoms with Gasteiger partial charge < -0.3 is 9.64 Å². The Morgan fingerprint density at radius 2 is 2.09 bits per heavy atom. The predicted molar refractivity (Wildman–Crippen MR) is 91.4 cm³/mol. The van der Waals surface area contributed by atoms with Gasteiger partial charge in [0.2, 0.25) is 0 Å². The summed E-state index contributed by atoms with van der Waals surface area (Å²) in [5.74, 6) is 0.0922. The van der Waals surface area contributed by atoms with Crippen molar-refractivity contribution in [3.63, 3.8) is 0 Å². The lowest BCUT2D eigenvalue weighted by molar-refractivity contribution is -0.0718. The van der Waals surface area contributed by atoms with Crippen LogP contribution < -0.4 is 0 Å². The molecule has 1 saturated heterocycles. The van der Waals surface area contributed by atoms with Crippen LogP contribution in [0.3, 0.4) is 0 Å². The Hall–Kier alpha value is -1.39. The van der Waals surface area contributed by atoms with Gasteiger partial charge in [0.15, 0.2) is 0 Å². The lowest BCUT2D eigenvalue weighted by Crippen LogP contribution is -2.44. The molecule has 0 radical (unpaired) electrons. The molecule has 1 saturated carbocycles. The molecule has 1 spiro atoms. The fraction of sp³-hybridized carbons (Fsp3) is 0.632. The zero-order valence-corrected chi connectivity index (χ0v) is 14.5. The van der Waals surface area contributed by atoms with Gasteiger partial charge in [-0.15, -0.1) is 0 Å². The first-order valence-electron chi connectivity index (χ1n) is 8.66. The van der Waals surface area contributed by atoms with Gasteiger partial charge in [0, 0.05) is 39.4 Å². The van der Waals surface area contributed by atoms with Crippen molar-refractivity contribution >= 4 is 5.91 Å². The summed E-state index contributed by atoms with van der Waals surface area (Å²) < 4.78 is 5.73. The standard InChI is InChI=1S/C19H28N2O2/c1-4-23-16-11-19(12-16)9-10-21(14-19)13-15-7-5-6-8-17(15)18(22)20(2)3/h5-8,16H,4,9-14H2,1-3H3. The number of benzene rings is 1. The van der Waals surface area contributed by atoms with E-state index in [4.69, 9.17) is 4.74 Å². The highest BCUT2D eigenvalue weighted by Gasteiger charge is 2.48. The number of nitrogens with zero attached hydrogens (tertiary/aromatic N) is 2. The van der Waals surface area contributed by atoms with E-state index in [0.29, 0.717) is 11.5 Å². The zero-order valence-electron chi connectivity index (χ0n) is 14.5. The topological polar surface area (TPSA) is 32.8 Å². The van der Waals surface area contributed by atoms with E-state index in [2.05, 4.69) is 17.9 Å². The first-order chi connectivity index (χ1) is 11.0. The van der Waals surface area contributed by atoms with E-state index in [1.807, 2.05) is 32.3 Å². The summed E-state index contributed by atoms with van der Waals surface area (Å²) in [5.41, 5.74) is 2.45. The Bertz CT molecular complexity index is 564. The lowest BCUT2D eigenvalue weighted by Gasteiger charge is -2.45. The van der Waals surface area contributed by atoms with Crippen LogP contribution in [-0.4, -0.2) is 55.6 Å². The molecule has 1 aliphatic carbocycles. The second-order valence-corrected chi connectivity index (χ2v) is 7.30. The maximum absolute atomic E-state index is 12.3. The highest BCUT2D eigenvalue weighted by molar-refractivity contribution is 5.95. The van der Waals surface area contributed by atoms with Crippen molar-refractivity contribution in [1.29, 1.82) is 0 Å². The molecule has 0 N–H and O–H groups in total. The highest BCUT2D eigenvalue weighted by atomic mass is 16.5. The number of carbonyl (C=O) groups excluding carboxylic acids is 1. The molecule has 1 amide bonds. The van der Waals surface area contributed by atoms with Gasteiger partial charge in [0.05, 0.1) is 6.10 Å². The summed E-state index contributed by atoms with van der Waals surface area (Å²) in [6.45, 7) is 6.04. The molecule has 3 rings (SSSR count). The predicted octanol–water partition coefficient (Wildman–Crippen LogP) is 2.78. The van der Waals surface area contributed by atoms with Gasteiger partial charge in [0.1, 0.15) is 0 Å². The Morgan fingerprint density at radius 3 is 2.78 bits per heavy atom. The molecule has 2 aliphatic rings. The number of ether oxygens (including phenoxy) is 1. The van der Waals surface area contributed by atoms with Gasteiger partial charge in [0.25, 0.3) is 5.91 Å². The molecule has 0 aromatic heterocycles. The van der Waals surface area contributed by atoms with Crippen LogP contribution in [-0.2, 0) is 11.3 Å². The quantitative estimate of drug-likeness (QED) is 0.837. The summed E-state index contributed by atoms with van der Waals surface area (Å²) >= 11 is 0. The van der Waals surface area contributed by atoms with E-state index in [0.717, 1.165) is 37.4 Å². The van der Waals surface area contributed by atoms with Crippen molar-refractivity contribution in [3.05, 3.63) is 35.4 Å². The molecule has 0 bridgehead atoms. The van der Waals surface area contributed by atoms with E-state index in [1.54, 1.807) is 4.90 Å². The van der Waals surface area contributed by atoms with Crippen molar-refractivity contribution < 1.29 is 9.53 Å². The number of amides is 1. The minimum absolute atomic E-state index is 0.0922. The van der Waals surface area contributed by atoms with E-state index in [-0.39, 0.29) is 5.91 Å². The molecule has 0 atom stereocenters. The van der Waals surface area contributed by atoms with Crippen molar-refractivity contribution in [3.8, 4) is 0 Å². The molecule has 23 heavy (non-hydrogen) atoms. The third kappa shape index (κ3) is 3.43. The molecule has 0 unspecified atom stereocenters. The van der Waals surface area contributed by atoms with E-state index in [1.165, 1.54) is 19.3 Å². The number of hydrogen-bond acceptors (Lipinski definition) is 3. The number of hydrogen-bond donors (Lipinski definition) is 0. The first kappa shape index (κ1) is 16.5. The molecule has 1 aromatic rings. The fourth-order valence-corrected chi connectivity index (χ4v) is 4.10. The van der Waals surface area contributed by atoms with Gasteiger partial charge in [-0.25, -0.2) is 0 Å². The van der Waals surface area contributed by atoms with Crippen molar-refractivity contribution in [2.75, 3.05) is 33.8 Å². The molecular formula is C19H28N2O2. The molecule has 1 aromatic carbocycles. The maximum atomic E-state index is 12.3. The molecular weight excluding hydrogens is 288 g/mol. The number of likely N-dealkylation sites (tertiary alicyclic amines) is 1. The van der Waals surface area contributed by atoms with Crippen LogP contribution in [0.2, 0.25) is 0 Å². The van der Waals surface area contributed by atoms with E-state index < -0.39 is 0 Å². The summed E-state index contributed by atoms with van der Waals surface area (Å²) in [7, 11) is 3.62. The van der Waals surface area contributed by atoms with Crippen molar-refractivity contribution in [2.24, 2.45) is 5.41 Å². The first-order valence-corrected chi connectivity index (χ1v) is 8.66. The largest absolute Gasteiger partial charge is 0.378 e. The second kappa shape index (κ2) is 6.62. The zero-order chi connectivity index (χ0) is 16.4. The van der Waals surface area contributed by atoms with Crippen LogP contribution in [0.15, 0.2) is 24.3 Å². The number of carbonyl (C=O) groups is 1. The fourth-order valence-electron chi connectivity index (χ4n) is 4.10. The van der Waals surface area contributed by atoms with Gasteiger partial charge in [-0.05, 0) is 49.8 Å². The molecule has 1 heterocycles. The average molecular weight is 316 g/mol. The summed E-state index contributed by atoms with van der Waals surface area (Å²) in [4.78, 5) is 16.5. The van der Waals surface area contributed by atoms with Crippen LogP contribution in [0, 0.1) is 5.41 Å². The minimum atomic E-state index is 0.0922. The van der Waals surface area contributed by atoms with Crippen molar-refractivity contribution in [1.82, 2.24) is 9.80 Å². The van der Waals surface area contributed by atoms with Crippen molar-refractivity contribution in [2.45, 2.75) is 38.8 Å². The van der Waals surface area contributed by atoms with E-state index >= 15 is 0 Å². The van der Waals surface area contributed by atoms with Crippen LogP contribution in [0.4, 0.5) is 0 Å². The van der Waals surface area contributed by atoms with Crippen LogP contribution in [0.5, 0.6) is 0 Å². The summed E-state index contributed by atoms with van der Waals surface area (Å²) in [6.07, 6.45) is 4.15. The average Bonchev–Trinajstić information content (AvgIpc) is 2.91. The van der Waals surface area contributed by atoms with Gasteiger partial charge in [-0.3, -0.25) is 9.69 Å². The molecule has 126 valence electrons. The Balaban J connectivity index is 1.62. The third-order valence-corrected chi connectivity index (χ3v) is 5.29. The normalized spacial score (nSPS) is 27.2. The summed E-state index contributed by atoms with van der Waals surface area (Å²) in [5, 5.41) is 0. The SMILES string of the molecule is CCOC1CC2(CCN(Cc3ccccc3C(=O)N(C)C)C2)C1. The molecule has 2 fully saturated rings. The Labute approximate surface area is 139 Å².